The maximum Gasteiger partial charge on any atom is 0.0112 e. The largest absolute Gasteiger partial charge is 0.608 e. The van der Waals surface area contributed by atoms with Gasteiger partial charge in [0.25, 0.3) is 0 Å². The summed E-state index contributed by atoms with van der Waals surface area (Å²) in [6, 6.07) is 2.72. The Hall–Kier alpha value is 0.904. The van der Waals surface area contributed by atoms with Gasteiger partial charge in [0.05, 0.1) is 0 Å². The summed E-state index contributed by atoms with van der Waals surface area (Å²) in [4.78, 5) is 11.6. The van der Waals surface area contributed by atoms with Gasteiger partial charge in [0.15, 0.2) is 0 Å². The van der Waals surface area contributed by atoms with Crippen molar-refractivity contribution in [3.63, 3.8) is 0 Å². The van der Waals surface area contributed by atoms with E-state index in [4.69, 9.17) is 0 Å². The Kier molecular flexibility index (Phi) is 26.1. The van der Waals surface area contributed by atoms with Crippen LogP contribution in [0.3, 0.4) is 0 Å². The van der Waals surface area contributed by atoms with Crippen molar-refractivity contribution < 1.29 is 32.7 Å². The minimum atomic E-state index is 0. The fraction of sp³-hybridized carbons (Fsp3) is 0.933. The Morgan fingerprint density at radius 2 is 0.944 bits per heavy atom. The molecule has 0 aromatic heterocycles. The maximum absolute atomic E-state index is 3.56. The number of rotatable bonds is 4. The summed E-state index contributed by atoms with van der Waals surface area (Å²) in [6.45, 7) is 32.6. The first kappa shape index (κ1) is 41.4. The first-order chi connectivity index (χ1) is 15.7. The van der Waals surface area contributed by atoms with E-state index >= 15 is 0 Å². The van der Waals surface area contributed by atoms with Crippen LogP contribution in [0.25, 0.3) is 0 Å². The predicted octanol–water partition coefficient (Wildman–Crippen LogP) is 6.03. The molecule has 5 nitrogen and oxygen atoms in total. The summed E-state index contributed by atoms with van der Waals surface area (Å²) >= 11 is 0. The zero-order valence-electron chi connectivity index (χ0n) is 25.8. The zero-order valence-corrected chi connectivity index (χ0v) is 28.6. The molecule has 36 heavy (non-hydrogen) atoms. The molecular weight excluding hydrogens is 519 g/mol. The molecule has 0 spiro atoms. The summed E-state index contributed by atoms with van der Waals surface area (Å²) in [5.41, 5.74) is 0. The van der Waals surface area contributed by atoms with Crippen molar-refractivity contribution in [1.29, 1.82) is 0 Å². The second kappa shape index (κ2) is 22.7. The van der Waals surface area contributed by atoms with Gasteiger partial charge < -0.3 is 33.7 Å². The van der Waals surface area contributed by atoms with Crippen LogP contribution < -0.4 is 0 Å². The molecule has 0 N–H and O–H groups in total. The molecule has 217 valence electrons. The van der Waals surface area contributed by atoms with Crippen LogP contribution in [0.4, 0.5) is 0 Å². The molecule has 3 aliphatic rings. The molecule has 0 atom stereocenters. The number of nitrogens with zero attached hydrogens (tertiary/aromatic N) is 5. The molecule has 6 heteroatoms. The van der Waals surface area contributed by atoms with Crippen LogP contribution in [-0.4, -0.2) is 108 Å². The first-order valence-electron chi connectivity index (χ1n) is 14.0. The molecule has 0 aromatic carbocycles. The molecule has 0 aromatic rings. The fourth-order valence-corrected chi connectivity index (χ4v) is 4.05. The van der Waals surface area contributed by atoms with E-state index in [0.717, 1.165) is 30.0 Å². The van der Waals surface area contributed by atoms with Crippen molar-refractivity contribution in [1.82, 2.24) is 24.5 Å². The standard InChI is InChI=1S/C9H19N.C8H18N2.C7H15N.C5H11N.CH4.Y/c2*1-8(2)10-6-4-9(3)5-7-10;1-6(2)8-4-7(3)5-8;1-5(2)6(3)4;;/h8-9H,4-7H2,1-3H3;8H,4-7H2,1-3H3;6-7H,4-5H2,1-3H3;5H,3-4H2,1-2H3;1H4;/q;;;-2;;. The summed E-state index contributed by atoms with van der Waals surface area (Å²) in [6.07, 6.45) is 2.80. The summed E-state index contributed by atoms with van der Waals surface area (Å²) in [5.74, 6) is 1.92. The van der Waals surface area contributed by atoms with E-state index in [9.17, 15) is 0 Å². The Morgan fingerprint density at radius 1 is 0.611 bits per heavy atom. The molecule has 0 bridgehead atoms. The van der Waals surface area contributed by atoms with Crippen LogP contribution in [0, 0.1) is 25.9 Å². The van der Waals surface area contributed by atoms with Gasteiger partial charge in [-0.05, 0) is 92.4 Å². The summed E-state index contributed by atoms with van der Waals surface area (Å²) in [7, 11) is 9.31. The maximum atomic E-state index is 3.56. The molecule has 0 saturated carbocycles. The normalized spacial score (nSPS) is 20.5. The third-order valence-electron chi connectivity index (χ3n) is 7.37. The van der Waals surface area contributed by atoms with E-state index in [2.05, 4.69) is 96.1 Å². The van der Waals surface area contributed by atoms with Gasteiger partial charge in [0, 0.05) is 90.1 Å². The number of hydrogen-bond donors (Lipinski definition) is 0. The van der Waals surface area contributed by atoms with Crippen molar-refractivity contribution in [2.45, 2.75) is 114 Å². The van der Waals surface area contributed by atoms with Crippen LogP contribution in [0.15, 0.2) is 0 Å². The van der Waals surface area contributed by atoms with Crippen LogP contribution in [0.5, 0.6) is 0 Å². The number of piperazine rings is 1. The Labute approximate surface area is 255 Å². The number of likely N-dealkylation sites (N-methyl/N-ethyl adjacent to an activating group) is 1. The monoisotopic (exact) mass is 586 g/mol. The van der Waals surface area contributed by atoms with E-state index < -0.39 is 0 Å². The SMILES string of the molecule is C.CC(C)N1CCN(C)CC1.CC1CCN(C(C)C)CC1.CC1CN(C(C)C)C1.[CH2-]N([CH2-])C(C)C.[Y]. The number of hydrogen-bond acceptors (Lipinski definition) is 5. The Morgan fingerprint density at radius 3 is 1.19 bits per heavy atom. The molecule has 1 radical (unpaired) electrons. The van der Waals surface area contributed by atoms with Crippen LogP contribution >= 0.6 is 0 Å². The molecule has 0 amide bonds. The zero-order chi connectivity index (χ0) is 26.4. The van der Waals surface area contributed by atoms with E-state index in [0.29, 0.717) is 6.04 Å². The minimum absolute atomic E-state index is 0. The average Bonchev–Trinajstić information content (AvgIpc) is 2.73. The third kappa shape index (κ3) is 19.9. The van der Waals surface area contributed by atoms with Gasteiger partial charge in [0.2, 0.25) is 0 Å². The molecule has 3 fully saturated rings. The van der Waals surface area contributed by atoms with E-state index in [-0.39, 0.29) is 40.1 Å². The molecule has 0 unspecified atom stereocenters. The average molecular weight is 587 g/mol. The fourth-order valence-electron chi connectivity index (χ4n) is 4.05. The van der Waals surface area contributed by atoms with Gasteiger partial charge in [-0.1, -0.05) is 35.1 Å². The van der Waals surface area contributed by atoms with Gasteiger partial charge in [-0.15, -0.1) is 0 Å². The summed E-state index contributed by atoms with van der Waals surface area (Å²) < 4.78 is 0. The van der Waals surface area contributed by atoms with Gasteiger partial charge >= 0.3 is 0 Å². The van der Waals surface area contributed by atoms with Crippen LogP contribution in [0.2, 0.25) is 0 Å². The van der Waals surface area contributed by atoms with E-state index in [1.54, 1.807) is 4.90 Å². The van der Waals surface area contributed by atoms with E-state index in [1.165, 1.54) is 65.2 Å². The van der Waals surface area contributed by atoms with Gasteiger partial charge in [-0.3, -0.25) is 4.90 Å². The summed E-state index contributed by atoms with van der Waals surface area (Å²) in [5, 5.41) is 0. The number of likely N-dealkylation sites (tertiary alicyclic amines) is 2. The smallest absolute Gasteiger partial charge is 0.0112 e. The Bertz CT molecular complexity index is 430. The molecule has 3 aliphatic heterocycles. The molecule has 0 aliphatic carbocycles. The predicted molar refractivity (Wildman–Crippen MR) is 160 cm³/mol. The van der Waals surface area contributed by atoms with Crippen molar-refractivity contribution in [3.05, 3.63) is 14.1 Å². The molecule has 3 rings (SSSR count). The first-order valence-corrected chi connectivity index (χ1v) is 14.0. The van der Waals surface area contributed by atoms with Crippen molar-refractivity contribution in [2.24, 2.45) is 11.8 Å². The van der Waals surface area contributed by atoms with Crippen molar-refractivity contribution in [2.75, 3.05) is 59.4 Å². The second-order valence-electron chi connectivity index (χ2n) is 12.1. The van der Waals surface area contributed by atoms with Gasteiger partial charge in [0.1, 0.15) is 0 Å². The van der Waals surface area contributed by atoms with E-state index in [1.807, 2.05) is 13.8 Å². The molecular formula is C30H67N5Y-2. The van der Waals surface area contributed by atoms with Crippen LogP contribution in [-0.2, 0) is 32.7 Å². The topological polar surface area (TPSA) is 16.2 Å². The molecule has 3 heterocycles. The number of piperidine rings is 1. The second-order valence-corrected chi connectivity index (χ2v) is 12.1. The van der Waals surface area contributed by atoms with Gasteiger partial charge in [-0.25, -0.2) is 0 Å². The van der Waals surface area contributed by atoms with Crippen molar-refractivity contribution >= 4 is 0 Å². The quantitative estimate of drug-likeness (QED) is 0.373. The third-order valence-corrected chi connectivity index (χ3v) is 7.37. The Balaban J connectivity index is -0.000000403. The van der Waals surface area contributed by atoms with Crippen molar-refractivity contribution in [3.8, 4) is 0 Å². The van der Waals surface area contributed by atoms with Crippen LogP contribution in [0.1, 0.15) is 89.5 Å². The molecule has 3 saturated heterocycles. The van der Waals surface area contributed by atoms with Gasteiger partial charge in [-0.2, -0.15) is 0 Å². The minimum Gasteiger partial charge on any atom is -0.608 e.